The molecule has 1 aliphatic rings. The van der Waals surface area contributed by atoms with E-state index in [1.54, 1.807) is 0 Å². The summed E-state index contributed by atoms with van der Waals surface area (Å²) in [6.45, 7) is 10.9. The Morgan fingerprint density at radius 3 is 2.43 bits per heavy atom. The van der Waals surface area contributed by atoms with Gasteiger partial charge in [-0.15, -0.1) is 0 Å². The lowest BCUT2D eigenvalue weighted by Gasteiger charge is -2.28. The molecule has 2 nitrogen and oxygen atoms in total. The third-order valence-corrected chi connectivity index (χ3v) is 4.40. The fourth-order valence-electron chi connectivity index (χ4n) is 3.06. The summed E-state index contributed by atoms with van der Waals surface area (Å²) in [5, 5.41) is 3.62. The van der Waals surface area contributed by atoms with Crippen molar-refractivity contribution in [3.63, 3.8) is 0 Å². The van der Waals surface area contributed by atoms with E-state index >= 15 is 0 Å². The Balaban J connectivity index is 2.06. The van der Waals surface area contributed by atoms with Crippen molar-refractivity contribution >= 4 is 0 Å². The Bertz CT molecular complexity index is 412. The molecule has 1 aromatic carbocycles. The molecule has 1 N–H and O–H groups in total. The molecule has 0 radical (unpaired) electrons. The molecule has 0 aromatic heterocycles. The van der Waals surface area contributed by atoms with Crippen molar-refractivity contribution in [2.45, 2.75) is 70.9 Å². The number of hydrogen-bond donors (Lipinski definition) is 1. The lowest BCUT2D eigenvalue weighted by atomic mass is 9.86. The van der Waals surface area contributed by atoms with Gasteiger partial charge in [-0.3, -0.25) is 0 Å². The van der Waals surface area contributed by atoms with Crippen LogP contribution in [0.1, 0.15) is 70.5 Å². The van der Waals surface area contributed by atoms with E-state index in [1.165, 1.54) is 30.4 Å². The minimum absolute atomic E-state index is 0.221. The molecule has 0 saturated carbocycles. The second-order valence-electron chi connectivity index (χ2n) is 7.21. The van der Waals surface area contributed by atoms with Crippen molar-refractivity contribution in [2.24, 2.45) is 0 Å². The van der Waals surface area contributed by atoms with E-state index in [2.05, 4.69) is 57.3 Å². The van der Waals surface area contributed by atoms with Crippen LogP contribution in [0, 0.1) is 0 Å². The number of rotatable bonds is 5. The molecule has 2 unspecified atom stereocenters. The van der Waals surface area contributed by atoms with E-state index in [4.69, 9.17) is 4.74 Å². The molecule has 21 heavy (non-hydrogen) atoms. The van der Waals surface area contributed by atoms with Gasteiger partial charge in [0.2, 0.25) is 0 Å². The average molecular weight is 289 g/mol. The molecule has 2 heteroatoms. The number of ether oxygens (including phenoxy) is 1. The summed E-state index contributed by atoms with van der Waals surface area (Å²) < 4.78 is 5.91. The van der Waals surface area contributed by atoms with Gasteiger partial charge < -0.3 is 10.1 Å². The minimum Gasteiger partial charge on any atom is -0.378 e. The standard InChI is InChI=1S/C19H31NO/c1-5-20-18(14-17-8-6-7-13-21-17)15-9-11-16(12-10-15)19(2,3)4/h9-12,17-18,20H,5-8,13-14H2,1-4H3. The Kier molecular flexibility index (Phi) is 5.83. The average Bonchev–Trinajstić information content (AvgIpc) is 2.47. The van der Waals surface area contributed by atoms with Crippen molar-refractivity contribution in [1.82, 2.24) is 5.32 Å². The van der Waals surface area contributed by atoms with Crippen LogP contribution in [-0.2, 0) is 10.2 Å². The van der Waals surface area contributed by atoms with Crippen LogP contribution in [0.25, 0.3) is 0 Å². The molecule has 0 bridgehead atoms. The van der Waals surface area contributed by atoms with Crippen LogP contribution in [-0.4, -0.2) is 19.3 Å². The first-order chi connectivity index (χ1) is 10.0. The zero-order valence-corrected chi connectivity index (χ0v) is 14.1. The first-order valence-corrected chi connectivity index (χ1v) is 8.46. The van der Waals surface area contributed by atoms with Crippen LogP contribution in [0.15, 0.2) is 24.3 Å². The minimum atomic E-state index is 0.221. The third-order valence-electron chi connectivity index (χ3n) is 4.40. The van der Waals surface area contributed by atoms with Crippen molar-refractivity contribution in [3.05, 3.63) is 35.4 Å². The highest BCUT2D eigenvalue weighted by atomic mass is 16.5. The zero-order chi connectivity index (χ0) is 15.3. The van der Waals surface area contributed by atoms with Crippen LogP contribution >= 0.6 is 0 Å². The Morgan fingerprint density at radius 1 is 1.19 bits per heavy atom. The maximum Gasteiger partial charge on any atom is 0.0593 e. The normalized spacial score (nSPS) is 21.2. The second kappa shape index (κ2) is 7.42. The van der Waals surface area contributed by atoms with Gasteiger partial charge in [0, 0.05) is 12.6 Å². The monoisotopic (exact) mass is 289 g/mol. The van der Waals surface area contributed by atoms with Gasteiger partial charge in [0.25, 0.3) is 0 Å². The van der Waals surface area contributed by atoms with E-state index < -0.39 is 0 Å². The van der Waals surface area contributed by atoms with Gasteiger partial charge >= 0.3 is 0 Å². The quantitative estimate of drug-likeness (QED) is 0.855. The van der Waals surface area contributed by atoms with Crippen LogP contribution in [0.5, 0.6) is 0 Å². The highest BCUT2D eigenvalue weighted by Crippen LogP contribution is 2.27. The molecule has 1 saturated heterocycles. The van der Waals surface area contributed by atoms with Crippen molar-refractivity contribution in [2.75, 3.05) is 13.2 Å². The summed E-state index contributed by atoms with van der Waals surface area (Å²) in [6.07, 6.45) is 5.25. The Morgan fingerprint density at radius 2 is 1.90 bits per heavy atom. The van der Waals surface area contributed by atoms with Crippen LogP contribution < -0.4 is 5.32 Å². The first kappa shape index (κ1) is 16.5. The van der Waals surface area contributed by atoms with Crippen molar-refractivity contribution in [3.8, 4) is 0 Å². The summed E-state index contributed by atoms with van der Waals surface area (Å²) in [5.74, 6) is 0. The van der Waals surface area contributed by atoms with Gasteiger partial charge in [0.1, 0.15) is 0 Å². The predicted molar refractivity (Wildman–Crippen MR) is 89.8 cm³/mol. The highest BCUT2D eigenvalue weighted by molar-refractivity contribution is 5.29. The summed E-state index contributed by atoms with van der Waals surface area (Å²) in [5.41, 5.74) is 3.01. The molecular formula is C19H31NO. The zero-order valence-electron chi connectivity index (χ0n) is 14.1. The lowest BCUT2D eigenvalue weighted by molar-refractivity contribution is 0.00513. The molecule has 0 amide bonds. The molecular weight excluding hydrogens is 258 g/mol. The molecule has 1 aromatic rings. The van der Waals surface area contributed by atoms with Crippen LogP contribution in [0.3, 0.4) is 0 Å². The molecule has 1 heterocycles. The molecule has 2 rings (SSSR count). The van der Waals surface area contributed by atoms with Gasteiger partial charge in [-0.2, -0.15) is 0 Å². The Labute approximate surface area is 130 Å². The van der Waals surface area contributed by atoms with Gasteiger partial charge in [-0.25, -0.2) is 0 Å². The van der Waals surface area contributed by atoms with Gasteiger partial charge in [0.15, 0.2) is 0 Å². The van der Waals surface area contributed by atoms with Crippen LogP contribution in [0.4, 0.5) is 0 Å². The first-order valence-electron chi connectivity index (χ1n) is 8.46. The SMILES string of the molecule is CCNC(CC1CCCCO1)c1ccc(C(C)(C)C)cc1. The summed E-state index contributed by atoms with van der Waals surface area (Å²) in [6, 6.07) is 9.54. The topological polar surface area (TPSA) is 21.3 Å². The molecule has 118 valence electrons. The fraction of sp³-hybridized carbons (Fsp3) is 0.684. The highest BCUT2D eigenvalue weighted by Gasteiger charge is 2.21. The molecule has 1 fully saturated rings. The second-order valence-corrected chi connectivity index (χ2v) is 7.21. The largest absolute Gasteiger partial charge is 0.378 e. The smallest absolute Gasteiger partial charge is 0.0593 e. The number of benzene rings is 1. The lowest BCUT2D eigenvalue weighted by Crippen LogP contribution is -2.28. The fourth-order valence-corrected chi connectivity index (χ4v) is 3.06. The van der Waals surface area contributed by atoms with Gasteiger partial charge in [-0.05, 0) is 48.8 Å². The van der Waals surface area contributed by atoms with Gasteiger partial charge in [-0.1, -0.05) is 52.0 Å². The maximum absolute atomic E-state index is 5.91. The predicted octanol–water partition coefficient (Wildman–Crippen LogP) is 4.59. The Hall–Kier alpha value is -0.860. The van der Waals surface area contributed by atoms with Gasteiger partial charge in [0.05, 0.1) is 6.10 Å². The van der Waals surface area contributed by atoms with Crippen molar-refractivity contribution < 1.29 is 4.74 Å². The van der Waals surface area contributed by atoms with Crippen molar-refractivity contribution in [1.29, 1.82) is 0 Å². The molecule has 0 spiro atoms. The van der Waals surface area contributed by atoms with E-state index in [-0.39, 0.29) is 5.41 Å². The maximum atomic E-state index is 5.91. The third kappa shape index (κ3) is 4.82. The number of hydrogen-bond acceptors (Lipinski definition) is 2. The van der Waals surface area contributed by atoms with E-state index in [1.807, 2.05) is 0 Å². The summed E-state index contributed by atoms with van der Waals surface area (Å²) in [7, 11) is 0. The summed E-state index contributed by atoms with van der Waals surface area (Å²) >= 11 is 0. The number of nitrogens with one attached hydrogen (secondary N) is 1. The van der Waals surface area contributed by atoms with Crippen LogP contribution in [0.2, 0.25) is 0 Å². The van der Waals surface area contributed by atoms with E-state index in [9.17, 15) is 0 Å². The molecule has 2 atom stereocenters. The molecule has 0 aliphatic carbocycles. The summed E-state index contributed by atoms with van der Waals surface area (Å²) in [4.78, 5) is 0. The molecule has 1 aliphatic heterocycles. The van der Waals surface area contributed by atoms with E-state index in [0.29, 0.717) is 12.1 Å². The van der Waals surface area contributed by atoms with E-state index in [0.717, 1.165) is 19.6 Å².